The molecule has 4 nitrogen and oxygen atoms in total. The van der Waals surface area contributed by atoms with Gasteiger partial charge in [-0.1, -0.05) is 6.07 Å². The van der Waals surface area contributed by atoms with Gasteiger partial charge >= 0.3 is 5.69 Å². The number of benzene rings is 1. The second kappa shape index (κ2) is 4.96. The topological polar surface area (TPSA) is 52.4 Å². The molecule has 0 aromatic heterocycles. The van der Waals surface area contributed by atoms with E-state index in [0.717, 1.165) is 6.07 Å². The maximum absolute atomic E-state index is 13.2. The van der Waals surface area contributed by atoms with Crippen LogP contribution < -0.4 is 4.74 Å². The first-order valence-corrected chi connectivity index (χ1v) is 4.16. The fourth-order valence-electron chi connectivity index (χ4n) is 0.996. The summed E-state index contributed by atoms with van der Waals surface area (Å²) < 4.78 is 18.1. The van der Waals surface area contributed by atoms with E-state index in [9.17, 15) is 14.5 Å². The molecule has 0 unspecified atom stereocenters. The van der Waals surface area contributed by atoms with Gasteiger partial charge in [0, 0.05) is 12.5 Å². The van der Waals surface area contributed by atoms with Crippen LogP contribution in [0.25, 0.3) is 0 Å². The summed E-state index contributed by atoms with van der Waals surface area (Å²) in [6, 6.07) is 3.52. The van der Waals surface area contributed by atoms with Crippen LogP contribution in [-0.2, 0) is 0 Å². The highest BCUT2D eigenvalue weighted by Gasteiger charge is 2.18. The molecule has 0 saturated heterocycles. The van der Waals surface area contributed by atoms with Crippen molar-refractivity contribution in [1.82, 2.24) is 0 Å². The predicted molar refractivity (Wildman–Crippen MR) is 52.0 cm³/mol. The monoisotopic (exact) mass is 209 g/mol. The maximum Gasteiger partial charge on any atom is 0.314 e. The molecule has 0 fully saturated rings. The minimum atomic E-state index is -0.763. The lowest BCUT2D eigenvalue weighted by Gasteiger charge is -2.05. The molecule has 0 bridgehead atoms. The third-order valence-corrected chi connectivity index (χ3v) is 1.64. The van der Waals surface area contributed by atoms with Gasteiger partial charge in [-0.3, -0.25) is 10.1 Å². The number of ether oxygens (including phenoxy) is 1. The molecule has 78 valence electrons. The molecule has 0 amide bonds. The van der Waals surface area contributed by atoms with E-state index >= 15 is 0 Å². The molecule has 0 saturated carbocycles. The zero-order valence-electron chi connectivity index (χ0n) is 7.77. The smallest absolute Gasteiger partial charge is 0.314 e. The molecule has 0 heterocycles. The van der Waals surface area contributed by atoms with E-state index in [1.165, 1.54) is 12.1 Å². The van der Waals surface area contributed by atoms with Crippen LogP contribution in [0.4, 0.5) is 10.1 Å². The highest BCUT2D eigenvalue weighted by Crippen LogP contribution is 2.29. The Morgan fingerprint density at radius 3 is 2.93 bits per heavy atom. The Labute approximate surface area is 85.8 Å². The largest absolute Gasteiger partial charge is 0.484 e. The van der Waals surface area contributed by atoms with Crippen molar-refractivity contribution < 1.29 is 14.1 Å². The van der Waals surface area contributed by atoms with Crippen LogP contribution in [0.2, 0.25) is 0 Å². The van der Waals surface area contributed by atoms with Gasteiger partial charge in [0.2, 0.25) is 5.75 Å². The summed E-state index contributed by atoms with van der Waals surface area (Å²) in [6.07, 6.45) is 5.24. The van der Waals surface area contributed by atoms with Crippen LogP contribution in [0.3, 0.4) is 0 Å². The summed E-state index contributed by atoms with van der Waals surface area (Å²) in [5.41, 5.74) is -0.396. The first-order valence-electron chi connectivity index (χ1n) is 4.16. The number of rotatable bonds is 4. The van der Waals surface area contributed by atoms with Gasteiger partial charge in [0.15, 0.2) is 5.82 Å². The Hall–Kier alpha value is -2.09. The highest BCUT2D eigenvalue weighted by atomic mass is 19.1. The molecule has 0 aliphatic carbocycles. The Bertz CT molecular complexity index is 412. The van der Waals surface area contributed by atoms with Crippen molar-refractivity contribution in [3.05, 3.63) is 34.1 Å². The van der Waals surface area contributed by atoms with Crippen LogP contribution in [0.5, 0.6) is 5.75 Å². The molecule has 15 heavy (non-hydrogen) atoms. The lowest BCUT2D eigenvalue weighted by Crippen LogP contribution is -2.01. The van der Waals surface area contributed by atoms with Crippen molar-refractivity contribution in [1.29, 1.82) is 0 Å². The minimum Gasteiger partial charge on any atom is -0.484 e. The number of terminal acetylenes is 1. The van der Waals surface area contributed by atoms with Gasteiger partial charge in [-0.15, -0.1) is 12.3 Å². The van der Waals surface area contributed by atoms with Gasteiger partial charge in [0.05, 0.1) is 11.5 Å². The van der Waals surface area contributed by atoms with Gasteiger partial charge < -0.3 is 4.74 Å². The second-order valence-corrected chi connectivity index (χ2v) is 2.65. The maximum atomic E-state index is 13.2. The number of hydrogen-bond acceptors (Lipinski definition) is 3. The number of halogens is 1. The van der Waals surface area contributed by atoms with Gasteiger partial charge in [-0.25, -0.2) is 4.39 Å². The van der Waals surface area contributed by atoms with E-state index in [1.54, 1.807) is 0 Å². The highest BCUT2D eigenvalue weighted by molar-refractivity contribution is 5.46. The van der Waals surface area contributed by atoms with E-state index in [4.69, 9.17) is 11.2 Å². The van der Waals surface area contributed by atoms with Crippen LogP contribution in [-0.4, -0.2) is 11.5 Å². The normalized spacial score (nSPS) is 9.33. The lowest BCUT2D eigenvalue weighted by molar-refractivity contribution is -0.386. The Morgan fingerprint density at radius 2 is 2.33 bits per heavy atom. The van der Waals surface area contributed by atoms with E-state index in [1.807, 2.05) is 0 Å². The second-order valence-electron chi connectivity index (χ2n) is 2.65. The molecule has 1 aromatic rings. The van der Waals surface area contributed by atoms with Crippen molar-refractivity contribution in [3.63, 3.8) is 0 Å². The predicted octanol–water partition coefficient (Wildman–Crippen LogP) is 2.14. The first kappa shape index (κ1) is 11.0. The number of nitrogens with zero attached hydrogens (tertiary/aromatic N) is 1. The summed E-state index contributed by atoms with van der Waals surface area (Å²) in [7, 11) is 0. The summed E-state index contributed by atoms with van der Waals surface area (Å²) in [5.74, 6) is 1.16. The third-order valence-electron chi connectivity index (χ3n) is 1.64. The van der Waals surface area contributed by atoms with Crippen LogP contribution in [0.1, 0.15) is 6.42 Å². The standard InChI is InChI=1S/C10H8FNO3/c1-2-3-7-15-10-8(11)5-4-6-9(10)12(13)14/h1,4-6H,3,7H2. The molecule has 0 N–H and O–H groups in total. The van der Waals surface area contributed by atoms with E-state index in [0.29, 0.717) is 0 Å². The van der Waals surface area contributed by atoms with Crippen molar-refractivity contribution in [2.24, 2.45) is 0 Å². The molecule has 0 aliphatic rings. The summed E-state index contributed by atoms with van der Waals surface area (Å²) in [6.45, 7) is 0.0538. The third kappa shape index (κ3) is 2.68. The van der Waals surface area contributed by atoms with Gasteiger partial charge in [0.1, 0.15) is 0 Å². The minimum absolute atomic E-state index is 0.0538. The molecular weight excluding hydrogens is 201 g/mol. The fraction of sp³-hybridized carbons (Fsp3) is 0.200. The molecule has 1 rings (SSSR count). The molecule has 5 heteroatoms. The Balaban J connectivity index is 2.93. The zero-order valence-corrected chi connectivity index (χ0v) is 7.77. The first-order chi connectivity index (χ1) is 7.16. The van der Waals surface area contributed by atoms with Gasteiger partial charge in [0.25, 0.3) is 0 Å². The number of nitro benzene ring substituents is 1. The van der Waals surface area contributed by atoms with Crippen molar-refractivity contribution in [3.8, 4) is 18.1 Å². The molecular formula is C10H8FNO3. The Morgan fingerprint density at radius 1 is 1.60 bits per heavy atom. The molecule has 0 atom stereocenters. The summed E-state index contributed by atoms with van der Waals surface area (Å²) in [4.78, 5) is 9.83. The van der Waals surface area contributed by atoms with Crippen LogP contribution in [0.15, 0.2) is 18.2 Å². The fourth-order valence-corrected chi connectivity index (χ4v) is 0.996. The SMILES string of the molecule is C#CCCOc1c(F)cccc1[N+](=O)[O-]. The van der Waals surface area contributed by atoms with E-state index in [2.05, 4.69) is 5.92 Å². The van der Waals surface area contributed by atoms with Gasteiger partial charge in [-0.05, 0) is 6.07 Å². The zero-order chi connectivity index (χ0) is 11.3. The summed E-state index contributed by atoms with van der Waals surface area (Å²) in [5, 5.41) is 10.5. The molecule has 0 aliphatic heterocycles. The molecule has 1 aromatic carbocycles. The number of para-hydroxylation sites is 1. The Kier molecular flexibility index (Phi) is 3.63. The van der Waals surface area contributed by atoms with E-state index < -0.39 is 16.4 Å². The van der Waals surface area contributed by atoms with Crippen molar-refractivity contribution >= 4 is 5.69 Å². The van der Waals surface area contributed by atoms with E-state index in [-0.39, 0.29) is 18.8 Å². The molecule has 0 spiro atoms. The van der Waals surface area contributed by atoms with Crippen molar-refractivity contribution in [2.75, 3.05) is 6.61 Å². The molecule has 0 radical (unpaired) electrons. The van der Waals surface area contributed by atoms with Crippen LogP contribution >= 0.6 is 0 Å². The number of hydrogen-bond donors (Lipinski definition) is 0. The average Bonchev–Trinajstić information content (AvgIpc) is 2.20. The quantitative estimate of drug-likeness (QED) is 0.330. The van der Waals surface area contributed by atoms with Crippen LogP contribution in [0, 0.1) is 28.3 Å². The van der Waals surface area contributed by atoms with Crippen molar-refractivity contribution in [2.45, 2.75) is 6.42 Å². The average molecular weight is 209 g/mol. The van der Waals surface area contributed by atoms with Gasteiger partial charge in [-0.2, -0.15) is 0 Å². The lowest BCUT2D eigenvalue weighted by atomic mass is 10.3. The summed E-state index contributed by atoms with van der Waals surface area (Å²) >= 11 is 0. The number of nitro groups is 1.